The molecule has 2 saturated heterocycles. The lowest BCUT2D eigenvalue weighted by Gasteiger charge is -2.29. The number of H-pyrrole nitrogens is 1. The second-order valence-corrected chi connectivity index (χ2v) is 8.79. The molecular weight excluding hydrogens is 422 g/mol. The van der Waals surface area contributed by atoms with Gasteiger partial charge >= 0.3 is 0 Å². The van der Waals surface area contributed by atoms with Crippen molar-refractivity contribution in [3.8, 4) is 5.75 Å². The van der Waals surface area contributed by atoms with Crippen LogP contribution in [0.25, 0.3) is 0 Å². The molecule has 0 spiro atoms. The fourth-order valence-electron chi connectivity index (χ4n) is 4.53. The summed E-state index contributed by atoms with van der Waals surface area (Å²) in [6.07, 6.45) is 3.50. The third-order valence-corrected chi connectivity index (χ3v) is 6.19. The van der Waals surface area contributed by atoms with E-state index in [2.05, 4.69) is 4.98 Å². The van der Waals surface area contributed by atoms with E-state index in [0.717, 1.165) is 18.7 Å². The number of carbonyl (C=O) groups excluding carboxylic acids is 3. The molecule has 2 aromatic rings. The van der Waals surface area contributed by atoms with Gasteiger partial charge in [0.1, 0.15) is 24.8 Å². The second-order valence-electron chi connectivity index (χ2n) is 8.79. The number of hydrogen-bond acceptors (Lipinski definition) is 5. The molecule has 2 unspecified atom stereocenters. The Labute approximate surface area is 193 Å². The molecule has 174 valence electrons. The average Bonchev–Trinajstić information content (AvgIpc) is 3.08. The summed E-state index contributed by atoms with van der Waals surface area (Å²) in [6.45, 7) is 8.10. The molecule has 1 aromatic heterocycles. The van der Waals surface area contributed by atoms with Gasteiger partial charge in [0.05, 0.1) is 38.4 Å². The topological polar surface area (TPSA) is 91.5 Å². The molecule has 0 aliphatic carbocycles. The van der Waals surface area contributed by atoms with Gasteiger partial charge in [-0.1, -0.05) is 0 Å². The van der Waals surface area contributed by atoms with Crippen molar-refractivity contribution < 1.29 is 33.7 Å². The number of quaternary nitrogens is 1. The number of benzene rings is 1. The largest absolute Gasteiger partial charge is 0.491 e. The Morgan fingerprint density at radius 3 is 2.42 bits per heavy atom. The van der Waals surface area contributed by atoms with Crippen LogP contribution in [0, 0.1) is 5.92 Å². The number of morpholine rings is 1. The summed E-state index contributed by atoms with van der Waals surface area (Å²) in [7, 11) is 0. The summed E-state index contributed by atoms with van der Waals surface area (Å²) in [5.74, 6) is -1.99. The second kappa shape index (κ2) is 10.2. The van der Waals surface area contributed by atoms with Crippen LogP contribution >= 0.6 is 0 Å². The molecule has 2 aliphatic rings. The van der Waals surface area contributed by atoms with Gasteiger partial charge in [-0.05, 0) is 43.7 Å². The smallest absolute Gasteiger partial charge is 0.291 e. The summed E-state index contributed by atoms with van der Waals surface area (Å²) in [4.78, 5) is 45.5. The Kier molecular flexibility index (Phi) is 7.15. The van der Waals surface area contributed by atoms with E-state index in [9.17, 15) is 14.4 Å². The predicted octanol–water partition coefficient (Wildman–Crippen LogP) is 0.155. The maximum Gasteiger partial charge on any atom is 0.291 e. The SMILES string of the molecule is CC(C)Oc1ccc(C(=O)C2C(=O)C(=O)N(CC[NH+]3CCOCC3)C2c2cc[nH+]cc2)cc1. The quantitative estimate of drug-likeness (QED) is 0.349. The number of aromatic nitrogens is 1. The zero-order valence-electron chi connectivity index (χ0n) is 19.1. The molecule has 0 bridgehead atoms. The maximum atomic E-state index is 13.5. The van der Waals surface area contributed by atoms with Crippen molar-refractivity contribution in [3.63, 3.8) is 0 Å². The molecule has 33 heavy (non-hydrogen) atoms. The molecule has 8 nitrogen and oxygen atoms in total. The number of aromatic amines is 1. The Morgan fingerprint density at radius 2 is 1.79 bits per heavy atom. The van der Waals surface area contributed by atoms with Crippen LogP contribution in [0.15, 0.2) is 48.8 Å². The van der Waals surface area contributed by atoms with Crippen molar-refractivity contribution in [2.45, 2.75) is 26.0 Å². The van der Waals surface area contributed by atoms with Gasteiger partial charge in [0.25, 0.3) is 5.91 Å². The lowest BCUT2D eigenvalue weighted by molar-refractivity contribution is -0.907. The molecule has 1 amide bonds. The first-order valence-corrected chi connectivity index (χ1v) is 11.5. The van der Waals surface area contributed by atoms with Gasteiger partial charge in [-0.3, -0.25) is 14.4 Å². The van der Waals surface area contributed by atoms with E-state index in [1.165, 1.54) is 4.90 Å². The third-order valence-electron chi connectivity index (χ3n) is 6.19. The summed E-state index contributed by atoms with van der Waals surface area (Å²) >= 11 is 0. The van der Waals surface area contributed by atoms with Crippen molar-refractivity contribution >= 4 is 17.5 Å². The van der Waals surface area contributed by atoms with Crippen molar-refractivity contribution in [3.05, 3.63) is 59.9 Å². The minimum atomic E-state index is -1.07. The lowest BCUT2D eigenvalue weighted by atomic mass is 9.86. The normalized spacial score (nSPS) is 21.6. The highest BCUT2D eigenvalue weighted by atomic mass is 16.5. The highest BCUT2D eigenvalue weighted by Gasteiger charge is 2.51. The fraction of sp³-hybridized carbons (Fsp3) is 0.440. The van der Waals surface area contributed by atoms with E-state index in [0.29, 0.717) is 37.6 Å². The lowest BCUT2D eigenvalue weighted by Crippen LogP contribution is -3.14. The number of ketones is 2. The van der Waals surface area contributed by atoms with E-state index in [4.69, 9.17) is 9.47 Å². The highest BCUT2D eigenvalue weighted by Crippen LogP contribution is 2.37. The van der Waals surface area contributed by atoms with E-state index in [1.807, 2.05) is 26.0 Å². The minimum absolute atomic E-state index is 0.0157. The number of hydrogen-bond donors (Lipinski definition) is 1. The average molecular weight is 454 g/mol. The van der Waals surface area contributed by atoms with E-state index in [-0.39, 0.29) is 11.9 Å². The third kappa shape index (κ3) is 5.12. The molecule has 4 rings (SSSR count). The summed E-state index contributed by atoms with van der Waals surface area (Å²) in [6, 6.07) is 9.79. The van der Waals surface area contributed by atoms with E-state index < -0.39 is 23.7 Å². The van der Waals surface area contributed by atoms with Gasteiger partial charge in [0.15, 0.2) is 18.2 Å². The molecule has 2 atom stereocenters. The van der Waals surface area contributed by atoms with Gasteiger partial charge in [-0.2, -0.15) is 0 Å². The number of Topliss-reactive ketones (excluding diaryl/α,β-unsaturated/α-hetero) is 2. The molecule has 8 heteroatoms. The summed E-state index contributed by atoms with van der Waals surface area (Å²) in [5.41, 5.74) is 1.16. The first-order valence-electron chi connectivity index (χ1n) is 11.5. The van der Waals surface area contributed by atoms with Crippen LogP contribution in [0.4, 0.5) is 0 Å². The van der Waals surface area contributed by atoms with Crippen molar-refractivity contribution in [2.24, 2.45) is 5.92 Å². The summed E-state index contributed by atoms with van der Waals surface area (Å²) in [5, 5.41) is 0. The minimum Gasteiger partial charge on any atom is -0.491 e. The van der Waals surface area contributed by atoms with Crippen LogP contribution < -0.4 is 14.6 Å². The maximum absolute atomic E-state index is 13.5. The van der Waals surface area contributed by atoms with Crippen LogP contribution in [0.2, 0.25) is 0 Å². The zero-order chi connectivity index (χ0) is 23.4. The zero-order valence-corrected chi connectivity index (χ0v) is 19.1. The fourth-order valence-corrected chi connectivity index (χ4v) is 4.53. The number of amides is 1. The van der Waals surface area contributed by atoms with Crippen molar-refractivity contribution in [2.75, 3.05) is 39.4 Å². The number of nitrogens with one attached hydrogen (secondary N) is 2. The Balaban J connectivity index is 1.60. The first-order chi connectivity index (χ1) is 16.0. The van der Waals surface area contributed by atoms with Gasteiger partial charge < -0.3 is 19.3 Å². The number of pyridine rings is 1. The standard InChI is InChI=1S/C25H29N3O5/c1-17(2)33-20-5-3-19(4-6-20)23(29)21-22(18-7-9-26-10-8-18)28(25(31)24(21)30)12-11-27-13-15-32-16-14-27/h3-10,17,21-22H,11-16H2,1-2H3/p+2. The van der Waals surface area contributed by atoms with Gasteiger partial charge in [-0.15, -0.1) is 0 Å². The van der Waals surface area contributed by atoms with Crippen LogP contribution in [0.1, 0.15) is 35.8 Å². The number of likely N-dealkylation sites (tertiary alicyclic amines) is 1. The van der Waals surface area contributed by atoms with E-state index >= 15 is 0 Å². The molecule has 3 heterocycles. The molecule has 0 saturated carbocycles. The van der Waals surface area contributed by atoms with Crippen LogP contribution in [0.3, 0.4) is 0 Å². The number of carbonyl (C=O) groups is 3. The van der Waals surface area contributed by atoms with E-state index in [1.54, 1.807) is 41.6 Å². The van der Waals surface area contributed by atoms with Gasteiger partial charge in [0, 0.05) is 17.7 Å². The van der Waals surface area contributed by atoms with Crippen LogP contribution in [0.5, 0.6) is 5.75 Å². The predicted molar refractivity (Wildman–Crippen MR) is 119 cm³/mol. The molecule has 2 fully saturated rings. The van der Waals surface area contributed by atoms with Gasteiger partial charge in [0.2, 0.25) is 5.78 Å². The molecule has 1 aromatic carbocycles. The number of ether oxygens (including phenoxy) is 2. The molecule has 2 aliphatic heterocycles. The molecular formula is C25H31N3O5+2. The number of rotatable bonds is 8. The molecule has 2 N–H and O–H groups in total. The summed E-state index contributed by atoms with van der Waals surface area (Å²) < 4.78 is 11.1. The number of nitrogens with zero attached hydrogens (tertiary/aromatic N) is 1. The monoisotopic (exact) mass is 453 g/mol. The van der Waals surface area contributed by atoms with Crippen LogP contribution in [-0.4, -0.2) is 67.9 Å². The highest BCUT2D eigenvalue weighted by molar-refractivity contribution is 6.44. The Bertz CT molecular complexity index is 987. The Morgan fingerprint density at radius 1 is 1.12 bits per heavy atom. The van der Waals surface area contributed by atoms with Crippen LogP contribution in [-0.2, 0) is 14.3 Å². The van der Waals surface area contributed by atoms with Crippen molar-refractivity contribution in [1.82, 2.24) is 4.90 Å². The molecule has 0 radical (unpaired) electrons. The first kappa shape index (κ1) is 23.1. The van der Waals surface area contributed by atoms with Crippen molar-refractivity contribution in [1.29, 1.82) is 0 Å². The Hall–Kier alpha value is -3.10. The van der Waals surface area contributed by atoms with Gasteiger partial charge in [-0.25, -0.2) is 4.98 Å².